The number of carbonyl (C=O) groups excluding carboxylic acids is 2. The Balaban J connectivity index is 2.32. The Hall–Kier alpha value is -1.82. The SMILES string of the molecule is CCCCOc1ccc(Br)cc1C=C1C(=O)OC(C)(C)OC1=O. The summed E-state index contributed by atoms with van der Waals surface area (Å²) in [6.07, 6.45) is 3.37. The van der Waals surface area contributed by atoms with E-state index in [1.807, 2.05) is 6.07 Å². The quantitative estimate of drug-likeness (QED) is 0.335. The molecule has 0 bridgehead atoms. The van der Waals surface area contributed by atoms with Gasteiger partial charge in [-0.2, -0.15) is 0 Å². The van der Waals surface area contributed by atoms with E-state index in [0.29, 0.717) is 17.9 Å². The second kappa shape index (κ2) is 7.17. The van der Waals surface area contributed by atoms with Crippen molar-refractivity contribution in [3.63, 3.8) is 0 Å². The molecule has 6 heteroatoms. The molecular weight excluding hydrogens is 364 g/mol. The van der Waals surface area contributed by atoms with Crippen molar-refractivity contribution < 1.29 is 23.8 Å². The number of halogens is 1. The number of rotatable bonds is 5. The van der Waals surface area contributed by atoms with Gasteiger partial charge in [-0.1, -0.05) is 29.3 Å². The molecule has 0 radical (unpaired) electrons. The molecule has 0 atom stereocenters. The number of cyclic esters (lactones) is 2. The molecule has 2 rings (SSSR count). The second-order valence-corrected chi connectivity index (χ2v) is 6.54. The molecule has 0 saturated carbocycles. The molecule has 0 spiro atoms. The molecule has 124 valence electrons. The van der Waals surface area contributed by atoms with Gasteiger partial charge in [0.25, 0.3) is 5.79 Å². The number of ether oxygens (including phenoxy) is 3. The highest BCUT2D eigenvalue weighted by Crippen LogP contribution is 2.29. The van der Waals surface area contributed by atoms with E-state index in [0.717, 1.165) is 17.3 Å². The number of unbranched alkanes of at least 4 members (excludes halogenated alkanes) is 1. The third kappa shape index (κ3) is 4.58. The molecule has 23 heavy (non-hydrogen) atoms. The first-order valence-electron chi connectivity index (χ1n) is 7.43. The smallest absolute Gasteiger partial charge is 0.348 e. The second-order valence-electron chi connectivity index (χ2n) is 5.62. The van der Waals surface area contributed by atoms with Gasteiger partial charge in [-0.05, 0) is 30.7 Å². The van der Waals surface area contributed by atoms with E-state index >= 15 is 0 Å². The summed E-state index contributed by atoms with van der Waals surface area (Å²) in [5, 5.41) is 0. The van der Waals surface area contributed by atoms with Crippen LogP contribution in [0.1, 0.15) is 39.2 Å². The van der Waals surface area contributed by atoms with Crippen molar-refractivity contribution in [2.75, 3.05) is 6.61 Å². The van der Waals surface area contributed by atoms with E-state index in [1.165, 1.54) is 19.9 Å². The van der Waals surface area contributed by atoms with Crippen LogP contribution in [0.15, 0.2) is 28.2 Å². The molecule has 0 N–H and O–H groups in total. The van der Waals surface area contributed by atoms with Gasteiger partial charge in [0.1, 0.15) is 11.3 Å². The minimum absolute atomic E-state index is 0.150. The van der Waals surface area contributed by atoms with E-state index < -0.39 is 17.7 Å². The van der Waals surface area contributed by atoms with Crippen LogP contribution in [-0.4, -0.2) is 24.3 Å². The molecule has 0 amide bonds. The molecule has 1 aliphatic rings. The standard InChI is InChI=1S/C17H19BrO5/c1-4-5-8-21-14-7-6-12(18)9-11(14)10-13-15(19)22-17(2,3)23-16(13)20/h6-7,9-10H,4-5,8H2,1-3H3. The summed E-state index contributed by atoms with van der Waals surface area (Å²) < 4.78 is 16.7. The van der Waals surface area contributed by atoms with Gasteiger partial charge >= 0.3 is 11.9 Å². The Kier molecular flexibility index (Phi) is 5.46. The number of esters is 2. The van der Waals surface area contributed by atoms with E-state index in [9.17, 15) is 9.59 Å². The predicted octanol–water partition coefficient (Wildman–Crippen LogP) is 3.85. The van der Waals surface area contributed by atoms with Gasteiger partial charge in [-0.25, -0.2) is 9.59 Å². The van der Waals surface area contributed by atoms with Crippen LogP contribution in [-0.2, 0) is 19.1 Å². The molecular formula is C17H19BrO5. The van der Waals surface area contributed by atoms with Crippen LogP contribution in [0.5, 0.6) is 5.75 Å². The highest BCUT2D eigenvalue weighted by molar-refractivity contribution is 9.10. The normalized spacial score (nSPS) is 16.6. The van der Waals surface area contributed by atoms with Crippen molar-refractivity contribution in [2.24, 2.45) is 0 Å². The Morgan fingerprint density at radius 3 is 2.48 bits per heavy atom. The van der Waals surface area contributed by atoms with Crippen LogP contribution in [0, 0.1) is 0 Å². The Morgan fingerprint density at radius 1 is 1.22 bits per heavy atom. The van der Waals surface area contributed by atoms with Gasteiger partial charge in [0.15, 0.2) is 0 Å². The van der Waals surface area contributed by atoms with Gasteiger partial charge in [0.05, 0.1) is 6.61 Å². The lowest BCUT2D eigenvalue weighted by Crippen LogP contribution is -2.41. The number of carbonyl (C=O) groups is 2. The van der Waals surface area contributed by atoms with Crippen molar-refractivity contribution in [1.82, 2.24) is 0 Å². The predicted molar refractivity (Wildman–Crippen MR) is 88.8 cm³/mol. The molecule has 1 saturated heterocycles. The van der Waals surface area contributed by atoms with E-state index in [1.54, 1.807) is 12.1 Å². The van der Waals surface area contributed by atoms with Crippen LogP contribution < -0.4 is 4.74 Å². The maximum atomic E-state index is 12.0. The number of hydrogen-bond donors (Lipinski definition) is 0. The fraction of sp³-hybridized carbons (Fsp3) is 0.412. The summed E-state index contributed by atoms with van der Waals surface area (Å²) in [7, 11) is 0. The molecule has 0 aromatic heterocycles. The van der Waals surface area contributed by atoms with Crippen LogP contribution in [0.4, 0.5) is 0 Å². The van der Waals surface area contributed by atoms with Gasteiger partial charge < -0.3 is 14.2 Å². The maximum absolute atomic E-state index is 12.0. The highest BCUT2D eigenvalue weighted by atomic mass is 79.9. The Morgan fingerprint density at radius 2 is 1.87 bits per heavy atom. The zero-order valence-electron chi connectivity index (χ0n) is 13.3. The summed E-state index contributed by atoms with van der Waals surface area (Å²) in [5.41, 5.74) is 0.460. The van der Waals surface area contributed by atoms with Crippen molar-refractivity contribution >= 4 is 33.9 Å². The lowest BCUT2D eigenvalue weighted by atomic mass is 10.1. The third-order valence-corrected chi connectivity index (χ3v) is 3.64. The monoisotopic (exact) mass is 382 g/mol. The first kappa shape index (κ1) is 17.5. The fourth-order valence-corrected chi connectivity index (χ4v) is 2.40. The summed E-state index contributed by atoms with van der Waals surface area (Å²) >= 11 is 3.37. The summed E-state index contributed by atoms with van der Waals surface area (Å²) in [4.78, 5) is 24.1. The van der Waals surface area contributed by atoms with E-state index in [-0.39, 0.29) is 5.57 Å². The average molecular weight is 383 g/mol. The van der Waals surface area contributed by atoms with Crippen molar-refractivity contribution in [3.05, 3.63) is 33.8 Å². The van der Waals surface area contributed by atoms with Crippen molar-refractivity contribution in [1.29, 1.82) is 0 Å². The largest absolute Gasteiger partial charge is 0.493 e. The Labute approximate surface area is 143 Å². The summed E-state index contributed by atoms with van der Waals surface area (Å²) in [6, 6.07) is 5.40. The van der Waals surface area contributed by atoms with Crippen LogP contribution in [0.2, 0.25) is 0 Å². The minimum atomic E-state index is -1.25. The maximum Gasteiger partial charge on any atom is 0.348 e. The summed E-state index contributed by atoms with van der Waals surface area (Å²) in [5.74, 6) is -2.06. The topological polar surface area (TPSA) is 61.8 Å². The van der Waals surface area contributed by atoms with Crippen molar-refractivity contribution in [3.8, 4) is 5.75 Å². The molecule has 1 fully saturated rings. The third-order valence-electron chi connectivity index (χ3n) is 3.14. The fourth-order valence-electron chi connectivity index (χ4n) is 2.02. The van der Waals surface area contributed by atoms with E-state index in [4.69, 9.17) is 14.2 Å². The molecule has 1 aromatic carbocycles. The molecule has 1 heterocycles. The van der Waals surface area contributed by atoms with Gasteiger partial charge in [-0.15, -0.1) is 0 Å². The first-order chi connectivity index (χ1) is 10.8. The highest BCUT2D eigenvalue weighted by Gasteiger charge is 2.39. The van der Waals surface area contributed by atoms with Crippen molar-refractivity contribution in [2.45, 2.75) is 39.4 Å². The van der Waals surface area contributed by atoms with Crippen LogP contribution in [0.25, 0.3) is 6.08 Å². The lowest BCUT2D eigenvalue weighted by molar-refractivity contribution is -0.222. The van der Waals surface area contributed by atoms with E-state index in [2.05, 4.69) is 22.9 Å². The minimum Gasteiger partial charge on any atom is -0.493 e. The molecule has 0 unspecified atom stereocenters. The first-order valence-corrected chi connectivity index (χ1v) is 8.22. The number of hydrogen-bond acceptors (Lipinski definition) is 5. The zero-order chi connectivity index (χ0) is 17.0. The van der Waals surface area contributed by atoms with Crippen LogP contribution >= 0.6 is 15.9 Å². The van der Waals surface area contributed by atoms with Gasteiger partial charge in [0.2, 0.25) is 0 Å². The molecule has 1 aromatic rings. The average Bonchev–Trinajstić information content (AvgIpc) is 2.44. The number of benzene rings is 1. The Bertz CT molecular complexity index is 626. The summed E-state index contributed by atoms with van der Waals surface area (Å²) in [6.45, 7) is 5.66. The molecule has 0 aliphatic carbocycles. The zero-order valence-corrected chi connectivity index (χ0v) is 14.9. The van der Waals surface area contributed by atoms with Gasteiger partial charge in [0, 0.05) is 23.9 Å². The van der Waals surface area contributed by atoms with Gasteiger partial charge in [-0.3, -0.25) is 0 Å². The molecule has 1 aliphatic heterocycles. The van der Waals surface area contributed by atoms with Crippen LogP contribution in [0.3, 0.4) is 0 Å². The molecule has 5 nitrogen and oxygen atoms in total. The lowest BCUT2D eigenvalue weighted by Gasteiger charge is -2.29.